The Morgan fingerprint density at radius 2 is 2.50 bits per heavy atom. The fraction of sp³-hybridized carbons (Fsp3) is 0.300. The van der Waals surface area contributed by atoms with E-state index >= 15 is 0 Å². The molecule has 1 aromatic rings. The number of nitrogens with zero attached hydrogens (tertiary/aromatic N) is 2. The van der Waals surface area contributed by atoms with Gasteiger partial charge in [0.15, 0.2) is 0 Å². The van der Waals surface area contributed by atoms with Crippen molar-refractivity contribution in [1.82, 2.24) is 9.55 Å². The summed E-state index contributed by atoms with van der Waals surface area (Å²) in [4.78, 5) is 26.1. The van der Waals surface area contributed by atoms with Gasteiger partial charge in [-0.25, -0.2) is 4.79 Å². The van der Waals surface area contributed by atoms with Gasteiger partial charge in [-0.05, 0) is 18.1 Å². The van der Waals surface area contributed by atoms with E-state index in [9.17, 15) is 9.59 Å². The second-order valence-electron chi connectivity index (χ2n) is 3.53. The van der Waals surface area contributed by atoms with Crippen molar-refractivity contribution in [1.29, 1.82) is 0 Å². The molecule has 6 heteroatoms. The Hall–Kier alpha value is -2.11. The third-order valence-corrected chi connectivity index (χ3v) is 2.37. The Balaban J connectivity index is 2.20. The molecule has 0 aliphatic heterocycles. The number of hydrogen-bond donors (Lipinski definition) is 1. The van der Waals surface area contributed by atoms with Gasteiger partial charge < -0.3 is 10.5 Å². The minimum atomic E-state index is -0.456. The van der Waals surface area contributed by atoms with Crippen LogP contribution in [0, 0.1) is 5.92 Å². The summed E-state index contributed by atoms with van der Waals surface area (Å²) in [6.07, 6.45) is 3.74. The zero-order chi connectivity index (χ0) is 11.7. The summed E-state index contributed by atoms with van der Waals surface area (Å²) in [5.41, 5.74) is 5.76. The molecule has 16 heavy (non-hydrogen) atoms. The Labute approximate surface area is 91.4 Å². The molecule has 1 saturated carbocycles. The zero-order valence-corrected chi connectivity index (χ0v) is 8.71. The Bertz CT molecular complexity index is 518. The Morgan fingerprint density at radius 3 is 3.12 bits per heavy atom. The third-order valence-electron chi connectivity index (χ3n) is 2.37. The van der Waals surface area contributed by atoms with E-state index in [-0.39, 0.29) is 17.7 Å². The molecule has 1 aromatic heterocycles. The van der Waals surface area contributed by atoms with Crippen molar-refractivity contribution < 1.29 is 9.53 Å². The van der Waals surface area contributed by atoms with Crippen LogP contribution in [0.1, 0.15) is 6.42 Å². The fourth-order valence-electron chi connectivity index (χ4n) is 1.40. The average Bonchev–Trinajstić information content (AvgIpc) is 3.00. The molecule has 1 aliphatic rings. The van der Waals surface area contributed by atoms with E-state index in [2.05, 4.69) is 9.72 Å². The second-order valence-corrected chi connectivity index (χ2v) is 3.53. The molecule has 2 rings (SSSR count). The van der Waals surface area contributed by atoms with Crippen LogP contribution in [0.3, 0.4) is 0 Å². The molecule has 0 amide bonds. The SMILES string of the molecule is COC(=O)C1C/C1=C/n1ccc(N)nc1=O. The van der Waals surface area contributed by atoms with E-state index < -0.39 is 5.69 Å². The van der Waals surface area contributed by atoms with Gasteiger partial charge in [-0.3, -0.25) is 9.36 Å². The highest BCUT2D eigenvalue weighted by Crippen LogP contribution is 2.38. The van der Waals surface area contributed by atoms with Crippen LogP contribution in [0.4, 0.5) is 5.82 Å². The van der Waals surface area contributed by atoms with Crippen LogP contribution in [-0.4, -0.2) is 22.6 Å². The first-order chi connectivity index (χ1) is 7.61. The van der Waals surface area contributed by atoms with Gasteiger partial charge in [0.2, 0.25) is 0 Å². The molecule has 0 radical (unpaired) electrons. The number of carbonyl (C=O) groups is 1. The second kappa shape index (κ2) is 3.80. The van der Waals surface area contributed by atoms with Gasteiger partial charge in [0.25, 0.3) is 0 Å². The van der Waals surface area contributed by atoms with Crippen LogP contribution in [0.15, 0.2) is 22.6 Å². The van der Waals surface area contributed by atoms with Gasteiger partial charge in [0, 0.05) is 12.4 Å². The van der Waals surface area contributed by atoms with Crippen molar-refractivity contribution >= 4 is 18.0 Å². The summed E-state index contributed by atoms with van der Waals surface area (Å²) in [5.74, 6) is -0.308. The van der Waals surface area contributed by atoms with Gasteiger partial charge in [0.05, 0.1) is 13.0 Å². The Morgan fingerprint density at radius 1 is 1.75 bits per heavy atom. The smallest absolute Gasteiger partial charge is 0.353 e. The maximum atomic E-state index is 11.4. The van der Waals surface area contributed by atoms with Crippen LogP contribution >= 0.6 is 0 Å². The molecular weight excluding hydrogens is 210 g/mol. The molecule has 0 spiro atoms. The van der Waals surface area contributed by atoms with Gasteiger partial charge in [-0.15, -0.1) is 0 Å². The van der Waals surface area contributed by atoms with E-state index in [1.807, 2.05) is 0 Å². The predicted octanol–water partition coefficient (Wildman–Crippen LogP) is -0.141. The highest BCUT2D eigenvalue weighted by atomic mass is 16.5. The zero-order valence-electron chi connectivity index (χ0n) is 8.71. The van der Waals surface area contributed by atoms with E-state index in [1.165, 1.54) is 23.9 Å². The predicted molar refractivity (Wildman–Crippen MR) is 57.3 cm³/mol. The lowest BCUT2D eigenvalue weighted by Gasteiger charge is -1.97. The largest absolute Gasteiger partial charge is 0.469 e. The summed E-state index contributed by atoms with van der Waals surface area (Å²) in [7, 11) is 1.34. The molecule has 1 unspecified atom stereocenters. The number of esters is 1. The maximum Gasteiger partial charge on any atom is 0.353 e. The fourth-order valence-corrected chi connectivity index (χ4v) is 1.40. The molecule has 2 N–H and O–H groups in total. The number of methoxy groups -OCH3 is 1. The topological polar surface area (TPSA) is 87.2 Å². The van der Waals surface area contributed by atoms with E-state index in [0.717, 1.165) is 5.57 Å². The first-order valence-corrected chi connectivity index (χ1v) is 4.75. The third kappa shape index (κ3) is 1.95. The molecule has 1 atom stereocenters. The minimum absolute atomic E-state index is 0.181. The van der Waals surface area contributed by atoms with E-state index in [4.69, 9.17) is 5.73 Å². The molecular formula is C10H11N3O3. The van der Waals surface area contributed by atoms with Crippen molar-refractivity contribution in [3.8, 4) is 0 Å². The number of hydrogen-bond acceptors (Lipinski definition) is 5. The van der Waals surface area contributed by atoms with Crippen LogP contribution in [0.2, 0.25) is 0 Å². The van der Waals surface area contributed by atoms with Gasteiger partial charge in [-0.2, -0.15) is 4.98 Å². The Kier molecular flexibility index (Phi) is 2.47. The maximum absolute atomic E-state index is 11.4. The molecule has 1 heterocycles. The van der Waals surface area contributed by atoms with Crippen LogP contribution in [0.5, 0.6) is 0 Å². The quantitative estimate of drug-likeness (QED) is 0.702. The lowest BCUT2D eigenvalue weighted by molar-refractivity contribution is -0.141. The highest BCUT2D eigenvalue weighted by Gasteiger charge is 2.37. The van der Waals surface area contributed by atoms with Crippen molar-refractivity contribution in [3.63, 3.8) is 0 Å². The van der Waals surface area contributed by atoms with Gasteiger partial charge in [0.1, 0.15) is 5.82 Å². The summed E-state index contributed by atoms with van der Waals surface area (Å²) in [5, 5.41) is 0. The molecule has 1 aliphatic carbocycles. The molecule has 0 bridgehead atoms. The summed E-state index contributed by atoms with van der Waals surface area (Å²) in [6.45, 7) is 0. The number of ether oxygens (including phenoxy) is 1. The molecule has 84 valence electrons. The number of aromatic nitrogens is 2. The lowest BCUT2D eigenvalue weighted by atomic mass is 10.4. The highest BCUT2D eigenvalue weighted by molar-refractivity contribution is 5.82. The lowest BCUT2D eigenvalue weighted by Crippen LogP contribution is -2.19. The minimum Gasteiger partial charge on any atom is -0.469 e. The van der Waals surface area contributed by atoms with Crippen LogP contribution in [0.25, 0.3) is 6.20 Å². The number of anilines is 1. The average molecular weight is 221 g/mol. The standard InChI is InChI=1S/C10H11N3O3/c1-16-9(14)7-4-6(7)5-13-3-2-8(11)12-10(13)15/h2-3,5,7H,4H2,1H3,(H2,11,12,15)/b6-5-. The van der Waals surface area contributed by atoms with Crippen LogP contribution in [-0.2, 0) is 9.53 Å². The number of carbonyl (C=O) groups excluding carboxylic acids is 1. The summed E-state index contributed by atoms with van der Waals surface area (Å²) >= 11 is 0. The molecule has 0 saturated heterocycles. The van der Waals surface area contributed by atoms with E-state index in [1.54, 1.807) is 6.20 Å². The summed E-state index contributed by atoms with van der Waals surface area (Å²) in [6, 6.07) is 1.52. The van der Waals surface area contributed by atoms with E-state index in [0.29, 0.717) is 6.42 Å². The first kappa shape index (κ1) is 10.4. The number of nitrogens with two attached hydrogens (primary N) is 1. The van der Waals surface area contributed by atoms with Crippen molar-refractivity contribution in [3.05, 3.63) is 28.3 Å². The molecule has 0 aromatic carbocycles. The molecule has 1 fully saturated rings. The summed E-state index contributed by atoms with van der Waals surface area (Å²) < 4.78 is 5.89. The number of nitrogen functional groups attached to an aromatic ring is 1. The monoisotopic (exact) mass is 221 g/mol. The van der Waals surface area contributed by atoms with Crippen LogP contribution < -0.4 is 11.4 Å². The van der Waals surface area contributed by atoms with Crippen molar-refractivity contribution in [2.75, 3.05) is 12.8 Å². The molecule has 6 nitrogen and oxygen atoms in total. The van der Waals surface area contributed by atoms with Gasteiger partial charge >= 0.3 is 11.7 Å². The van der Waals surface area contributed by atoms with Crippen molar-refractivity contribution in [2.45, 2.75) is 6.42 Å². The first-order valence-electron chi connectivity index (χ1n) is 4.75. The normalized spacial score (nSPS) is 20.8. The van der Waals surface area contributed by atoms with Gasteiger partial charge in [-0.1, -0.05) is 0 Å². The van der Waals surface area contributed by atoms with Crippen molar-refractivity contribution in [2.24, 2.45) is 5.92 Å². The number of rotatable bonds is 2.